The smallest absolute Gasteiger partial charge is 0.370 e. The van der Waals surface area contributed by atoms with E-state index in [4.69, 9.17) is 9.39 Å². The van der Waals surface area contributed by atoms with E-state index in [0.717, 1.165) is 36.5 Å². The molecule has 89 valence electrons. The Kier molecular flexibility index (Phi) is 2.75. The van der Waals surface area contributed by atoms with Gasteiger partial charge in [-0.3, -0.25) is 0 Å². The van der Waals surface area contributed by atoms with Gasteiger partial charge in [0.15, 0.2) is 0 Å². The van der Waals surface area contributed by atoms with Gasteiger partial charge in [-0.25, -0.2) is 0 Å². The highest BCUT2D eigenvalue weighted by Crippen LogP contribution is 2.39. The number of rotatable bonds is 2. The van der Waals surface area contributed by atoms with E-state index < -0.39 is 0 Å². The van der Waals surface area contributed by atoms with E-state index >= 15 is 0 Å². The van der Waals surface area contributed by atoms with Crippen molar-refractivity contribution < 1.29 is 9.39 Å². The van der Waals surface area contributed by atoms with Crippen LogP contribution in [-0.2, 0) is 0 Å². The third-order valence-corrected chi connectivity index (χ3v) is 3.61. The van der Waals surface area contributed by atoms with Crippen molar-refractivity contribution in [3.05, 3.63) is 23.3 Å². The summed E-state index contributed by atoms with van der Waals surface area (Å²) in [6.45, 7) is 6.19. The van der Waals surface area contributed by atoms with E-state index in [1.807, 2.05) is 7.48 Å². The fourth-order valence-electron chi connectivity index (χ4n) is 2.29. The van der Waals surface area contributed by atoms with Gasteiger partial charge in [0, 0.05) is 18.7 Å². The molecule has 3 rings (SSSR count). The van der Waals surface area contributed by atoms with Crippen LogP contribution in [0.5, 0.6) is 11.5 Å². The lowest BCUT2D eigenvalue weighted by atomic mass is 9.78. The maximum absolute atomic E-state index is 5.93. The Labute approximate surface area is 103 Å². The minimum atomic E-state index is 0.316. The van der Waals surface area contributed by atoms with Crippen LogP contribution in [0.2, 0.25) is 6.32 Å². The molecule has 0 aromatic heterocycles. The zero-order valence-electron chi connectivity index (χ0n) is 10.3. The summed E-state index contributed by atoms with van der Waals surface area (Å²) in [7, 11) is 1.90. The molecule has 0 unspecified atom stereocenters. The molecular weight excluding hydrogens is 213 g/mol. The molecule has 1 fully saturated rings. The molecule has 0 aliphatic carbocycles. The summed E-state index contributed by atoms with van der Waals surface area (Å²) in [6.07, 6.45) is 1.30. The molecule has 0 amide bonds. The quantitative estimate of drug-likeness (QED) is 0.787. The van der Waals surface area contributed by atoms with E-state index in [9.17, 15) is 0 Å². The average Bonchev–Trinajstić information content (AvgIpc) is 2.27. The van der Waals surface area contributed by atoms with Crippen molar-refractivity contribution in [2.45, 2.75) is 32.2 Å². The Morgan fingerprint density at radius 3 is 2.94 bits per heavy atom. The monoisotopic (exact) mass is 230 g/mol. The lowest BCUT2D eigenvalue weighted by molar-refractivity contribution is 0.141. The molecule has 1 saturated heterocycles. The highest BCUT2D eigenvalue weighted by Gasteiger charge is 2.24. The summed E-state index contributed by atoms with van der Waals surface area (Å²) in [5, 5.41) is 3.21. The predicted octanol–water partition coefficient (Wildman–Crippen LogP) is 1.88. The van der Waals surface area contributed by atoms with Crippen LogP contribution < -0.4 is 14.7 Å². The molecule has 4 heteroatoms. The second kappa shape index (κ2) is 4.26. The fraction of sp³-hybridized carbons (Fsp3) is 0.538. The summed E-state index contributed by atoms with van der Waals surface area (Å²) in [4.78, 5) is 0. The molecule has 2 aliphatic rings. The SMILES string of the molecule is Cc1c(OC2CNC2)ccc2c1O[B]C[C@@H]2C. The van der Waals surface area contributed by atoms with E-state index in [-0.39, 0.29) is 0 Å². The van der Waals surface area contributed by atoms with E-state index in [0.29, 0.717) is 12.0 Å². The van der Waals surface area contributed by atoms with Gasteiger partial charge in [-0.2, -0.15) is 0 Å². The van der Waals surface area contributed by atoms with Gasteiger partial charge in [-0.05, 0) is 30.8 Å². The lowest BCUT2D eigenvalue weighted by Gasteiger charge is -2.30. The first kappa shape index (κ1) is 11.0. The average molecular weight is 230 g/mol. The van der Waals surface area contributed by atoms with Crippen LogP contribution in [0.3, 0.4) is 0 Å². The van der Waals surface area contributed by atoms with Gasteiger partial charge in [0.25, 0.3) is 0 Å². The molecule has 0 bridgehead atoms. The second-order valence-electron chi connectivity index (χ2n) is 4.93. The Hall–Kier alpha value is -1.16. The first-order valence-corrected chi connectivity index (χ1v) is 6.25. The molecule has 17 heavy (non-hydrogen) atoms. The maximum atomic E-state index is 5.93. The van der Waals surface area contributed by atoms with Crippen molar-refractivity contribution in [2.24, 2.45) is 0 Å². The third kappa shape index (κ3) is 1.91. The molecule has 1 atom stereocenters. The van der Waals surface area contributed by atoms with Gasteiger partial charge in [-0.1, -0.05) is 13.0 Å². The fourth-order valence-corrected chi connectivity index (χ4v) is 2.29. The molecule has 0 saturated carbocycles. The summed E-state index contributed by atoms with van der Waals surface area (Å²) in [6, 6.07) is 4.22. The number of hydrogen-bond acceptors (Lipinski definition) is 3. The molecule has 2 aliphatic heterocycles. The van der Waals surface area contributed by atoms with Crippen LogP contribution >= 0.6 is 0 Å². The highest BCUT2D eigenvalue weighted by atomic mass is 16.5. The first-order valence-electron chi connectivity index (χ1n) is 6.25. The summed E-state index contributed by atoms with van der Waals surface area (Å²) < 4.78 is 11.6. The summed E-state index contributed by atoms with van der Waals surface area (Å²) in [5.74, 6) is 2.49. The number of hydrogen-bond donors (Lipinski definition) is 1. The van der Waals surface area contributed by atoms with Gasteiger partial charge >= 0.3 is 7.48 Å². The normalized spacial score (nSPS) is 23.1. The number of ether oxygens (including phenoxy) is 1. The van der Waals surface area contributed by atoms with Crippen molar-refractivity contribution in [2.75, 3.05) is 13.1 Å². The van der Waals surface area contributed by atoms with E-state index in [2.05, 4.69) is 31.3 Å². The van der Waals surface area contributed by atoms with Crippen molar-refractivity contribution >= 4 is 7.48 Å². The number of nitrogens with one attached hydrogen (secondary N) is 1. The van der Waals surface area contributed by atoms with Crippen molar-refractivity contribution in [1.29, 1.82) is 0 Å². The van der Waals surface area contributed by atoms with Gasteiger partial charge < -0.3 is 14.7 Å². The molecule has 2 heterocycles. The Morgan fingerprint density at radius 2 is 2.24 bits per heavy atom. The van der Waals surface area contributed by atoms with Gasteiger partial charge in [0.1, 0.15) is 17.6 Å². The third-order valence-electron chi connectivity index (χ3n) is 3.61. The minimum Gasteiger partial charge on any atom is -0.563 e. The number of fused-ring (bicyclic) bond motifs is 1. The van der Waals surface area contributed by atoms with Gasteiger partial charge in [0.2, 0.25) is 0 Å². The van der Waals surface area contributed by atoms with Crippen LogP contribution in [0.15, 0.2) is 12.1 Å². The van der Waals surface area contributed by atoms with Gasteiger partial charge in [-0.15, -0.1) is 0 Å². The van der Waals surface area contributed by atoms with Gasteiger partial charge in [0.05, 0.1) is 0 Å². The largest absolute Gasteiger partial charge is 0.563 e. The number of benzene rings is 1. The predicted molar refractivity (Wildman–Crippen MR) is 68.1 cm³/mol. The van der Waals surface area contributed by atoms with Crippen molar-refractivity contribution in [3.63, 3.8) is 0 Å². The van der Waals surface area contributed by atoms with Crippen molar-refractivity contribution in [3.8, 4) is 11.5 Å². The van der Waals surface area contributed by atoms with Crippen LogP contribution in [0, 0.1) is 6.92 Å². The van der Waals surface area contributed by atoms with E-state index in [1.54, 1.807) is 0 Å². The van der Waals surface area contributed by atoms with Crippen molar-refractivity contribution in [1.82, 2.24) is 5.32 Å². The highest BCUT2D eigenvalue weighted by molar-refractivity contribution is 6.29. The van der Waals surface area contributed by atoms with Crippen LogP contribution in [0.1, 0.15) is 24.0 Å². The summed E-state index contributed by atoms with van der Waals surface area (Å²) in [5.41, 5.74) is 2.42. The first-order chi connectivity index (χ1) is 8.25. The molecule has 3 nitrogen and oxygen atoms in total. The Morgan fingerprint density at radius 1 is 1.41 bits per heavy atom. The second-order valence-corrected chi connectivity index (χ2v) is 4.93. The van der Waals surface area contributed by atoms with Crippen LogP contribution in [0.25, 0.3) is 0 Å². The topological polar surface area (TPSA) is 30.5 Å². The molecule has 1 aromatic rings. The summed E-state index contributed by atoms with van der Waals surface area (Å²) >= 11 is 0. The molecule has 1 radical (unpaired) electrons. The molecule has 1 N–H and O–H groups in total. The zero-order chi connectivity index (χ0) is 11.8. The zero-order valence-corrected chi connectivity index (χ0v) is 10.3. The molecular formula is C13H17BNO2. The Balaban J connectivity index is 1.90. The molecule has 1 aromatic carbocycles. The Bertz CT molecular complexity index is 432. The lowest BCUT2D eigenvalue weighted by Crippen LogP contribution is -2.50. The van der Waals surface area contributed by atoms with Crippen LogP contribution in [0.4, 0.5) is 0 Å². The van der Waals surface area contributed by atoms with Crippen LogP contribution in [-0.4, -0.2) is 26.7 Å². The maximum Gasteiger partial charge on any atom is 0.370 e. The molecule has 0 spiro atoms. The van der Waals surface area contributed by atoms with E-state index in [1.165, 1.54) is 5.56 Å². The standard InChI is InChI=1S/C13H17BNO2/c1-8-5-14-17-13-9(2)12(4-3-11(8)13)16-10-6-15-7-10/h3-4,8,10,15H,5-7H2,1-2H3/t8-/m0/s1. The minimum absolute atomic E-state index is 0.316.